The summed E-state index contributed by atoms with van der Waals surface area (Å²) in [6, 6.07) is 5.68. The summed E-state index contributed by atoms with van der Waals surface area (Å²) in [5.74, 6) is -0.609. The number of benzene rings is 1. The monoisotopic (exact) mass is 332 g/mol. The van der Waals surface area contributed by atoms with Gasteiger partial charge in [-0.25, -0.2) is 0 Å². The number of nitrogens with zero attached hydrogens (tertiary/aromatic N) is 1. The molecule has 0 aromatic heterocycles. The lowest BCUT2D eigenvalue weighted by molar-refractivity contribution is -0.383. The number of carbonyl (C=O) groups excluding carboxylic acids is 2. The van der Waals surface area contributed by atoms with Crippen molar-refractivity contribution in [3.8, 4) is 0 Å². The lowest BCUT2D eigenvalue weighted by Crippen LogP contribution is -2.65. The molecule has 1 saturated heterocycles. The van der Waals surface area contributed by atoms with Crippen molar-refractivity contribution in [2.45, 2.75) is 50.2 Å². The Morgan fingerprint density at radius 3 is 2.71 bits per heavy atom. The predicted molar refractivity (Wildman–Crippen MR) is 87.5 cm³/mol. The number of rotatable bonds is 4. The van der Waals surface area contributed by atoms with Gasteiger partial charge in [0.25, 0.3) is 5.69 Å². The van der Waals surface area contributed by atoms with Gasteiger partial charge in [-0.15, -0.1) is 0 Å². The summed E-state index contributed by atoms with van der Waals surface area (Å²) in [5, 5.41) is 19.7. The van der Waals surface area contributed by atoms with Gasteiger partial charge in [-0.1, -0.05) is 25.0 Å². The van der Waals surface area contributed by atoms with Gasteiger partial charge in [-0.2, -0.15) is 0 Å². The van der Waals surface area contributed by atoms with Gasteiger partial charge in [0.15, 0.2) is 0 Å². The van der Waals surface area contributed by atoms with E-state index in [-0.39, 0.29) is 35.8 Å². The molecule has 2 amide bonds. The first-order chi connectivity index (χ1) is 11.5. The van der Waals surface area contributed by atoms with Gasteiger partial charge in [0.2, 0.25) is 11.8 Å². The van der Waals surface area contributed by atoms with Crippen molar-refractivity contribution in [2.75, 3.05) is 5.32 Å². The minimum absolute atomic E-state index is 0.0545. The van der Waals surface area contributed by atoms with Gasteiger partial charge in [0, 0.05) is 18.2 Å². The molecule has 2 fully saturated rings. The Balaban J connectivity index is 1.63. The molecule has 0 radical (unpaired) electrons. The fraction of sp³-hybridized carbons (Fsp3) is 0.500. The van der Waals surface area contributed by atoms with Crippen LogP contribution in [-0.4, -0.2) is 34.9 Å². The molecule has 1 heterocycles. The number of amides is 2. The third kappa shape index (κ3) is 3.53. The smallest absolute Gasteiger partial charge is 0.292 e. The third-order valence-corrected chi connectivity index (χ3v) is 4.59. The molecule has 24 heavy (non-hydrogen) atoms. The highest BCUT2D eigenvalue weighted by atomic mass is 16.6. The van der Waals surface area contributed by atoms with Crippen LogP contribution in [0.5, 0.6) is 0 Å². The Morgan fingerprint density at radius 1 is 1.25 bits per heavy atom. The van der Waals surface area contributed by atoms with E-state index in [4.69, 9.17) is 0 Å². The van der Waals surface area contributed by atoms with Gasteiger partial charge in [-0.3, -0.25) is 19.7 Å². The minimum Gasteiger partial charge on any atom is -0.350 e. The Kier molecular flexibility index (Phi) is 4.75. The third-order valence-electron chi connectivity index (χ3n) is 4.59. The number of hydrogen-bond donors (Lipinski definition) is 3. The quantitative estimate of drug-likeness (QED) is 0.568. The molecule has 3 rings (SSSR count). The zero-order chi connectivity index (χ0) is 17.1. The normalized spacial score (nSPS) is 26.2. The molecule has 3 N–H and O–H groups in total. The van der Waals surface area contributed by atoms with Crippen molar-refractivity contribution in [1.29, 1.82) is 0 Å². The molecule has 0 spiro atoms. The molecule has 8 heteroatoms. The Bertz CT molecular complexity index is 663. The molecular formula is C16H20N4O4. The van der Waals surface area contributed by atoms with Gasteiger partial charge < -0.3 is 16.0 Å². The number of hydrogen-bond acceptors (Lipinski definition) is 5. The molecule has 1 saturated carbocycles. The van der Waals surface area contributed by atoms with Crippen LogP contribution in [0.4, 0.5) is 11.4 Å². The molecule has 1 aliphatic carbocycles. The van der Waals surface area contributed by atoms with E-state index < -0.39 is 16.9 Å². The van der Waals surface area contributed by atoms with Gasteiger partial charge in [0.1, 0.15) is 5.69 Å². The number of piperazine rings is 1. The SMILES string of the molecule is O=C(C[C@@H]1N[C@H]2CCCC[C@@H]2NC1=O)Nc1ccccc1[N+](=O)[O-]. The van der Waals surface area contributed by atoms with Crippen LogP contribution in [0.2, 0.25) is 0 Å². The topological polar surface area (TPSA) is 113 Å². The van der Waals surface area contributed by atoms with Crippen LogP contribution in [0.25, 0.3) is 0 Å². The molecule has 3 atom stereocenters. The van der Waals surface area contributed by atoms with Crippen molar-refractivity contribution in [2.24, 2.45) is 0 Å². The summed E-state index contributed by atoms with van der Waals surface area (Å²) in [7, 11) is 0. The number of carbonyl (C=O) groups is 2. The van der Waals surface area contributed by atoms with Gasteiger partial charge >= 0.3 is 0 Å². The minimum atomic E-state index is -0.605. The number of fused-ring (bicyclic) bond motifs is 1. The van der Waals surface area contributed by atoms with Gasteiger partial charge in [0.05, 0.1) is 17.4 Å². The van der Waals surface area contributed by atoms with Crippen LogP contribution in [0.3, 0.4) is 0 Å². The lowest BCUT2D eigenvalue weighted by atomic mass is 9.87. The van der Waals surface area contributed by atoms with E-state index in [0.717, 1.165) is 25.7 Å². The number of anilines is 1. The number of nitrogens with one attached hydrogen (secondary N) is 3. The van der Waals surface area contributed by atoms with Crippen LogP contribution in [0.15, 0.2) is 24.3 Å². The highest BCUT2D eigenvalue weighted by molar-refractivity contribution is 5.97. The summed E-state index contributed by atoms with van der Waals surface area (Å²) >= 11 is 0. The summed E-state index contributed by atoms with van der Waals surface area (Å²) < 4.78 is 0. The van der Waals surface area contributed by atoms with E-state index in [9.17, 15) is 19.7 Å². The maximum Gasteiger partial charge on any atom is 0.292 e. The first-order valence-electron chi connectivity index (χ1n) is 8.14. The summed E-state index contributed by atoms with van der Waals surface area (Å²) in [5.41, 5.74) is -0.0292. The van der Waals surface area contributed by atoms with Crippen molar-refractivity contribution in [3.05, 3.63) is 34.4 Å². The van der Waals surface area contributed by atoms with Crippen LogP contribution < -0.4 is 16.0 Å². The maximum absolute atomic E-state index is 12.2. The Morgan fingerprint density at radius 2 is 1.96 bits per heavy atom. The van der Waals surface area contributed by atoms with Crippen LogP contribution in [-0.2, 0) is 9.59 Å². The highest BCUT2D eigenvalue weighted by Gasteiger charge is 2.37. The van der Waals surface area contributed by atoms with E-state index in [2.05, 4.69) is 16.0 Å². The van der Waals surface area contributed by atoms with E-state index in [0.29, 0.717) is 0 Å². The first kappa shape index (κ1) is 16.4. The van der Waals surface area contributed by atoms with E-state index in [1.807, 2.05) is 0 Å². The Hall–Kier alpha value is -2.48. The van der Waals surface area contributed by atoms with Crippen molar-refractivity contribution in [3.63, 3.8) is 0 Å². The molecule has 0 unspecified atom stereocenters. The second-order valence-corrected chi connectivity index (χ2v) is 6.25. The largest absolute Gasteiger partial charge is 0.350 e. The second kappa shape index (κ2) is 6.96. The highest BCUT2D eigenvalue weighted by Crippen LogP contribution is 2.25. The van der Waals surface area contributed by atoms with Crippen molar-refractivity contribution < 1.29 is 14.5 Å². The van der Waals surface area contributed by atoms with E-state index >= 15 is 0 Å². The molecular weight excluding hydrogens is 312 g/mol. The summed E-state index contributed by atoms with van der Waals surface area (Å²) in [6.07, 6.45) is 4.10. The van der Waals surface area contributed by atoms with Crippen LogP contribution in [0, 0.1) is 10.1 Å². The summed E-state index contributed by atoms with van der Waals surface area (Å²) in [6.45, 7) is 0. The molecule has 1 aromatic carbocycles. The predicted octanol–water partition coefficient (Wildman–Crippen LogP) is 1.32. The zero-order valence-electron chi connectivity index (χ0n) is 13.2. The van der Waals surface area contributed by atoms with Crippen LogP contribution in [0.1, 0.15) is 32.1 Å². The van der Waals surface area contributed by atoms with Crippen molar-refractivity contribution in [1.82, 2.24) is 10.6 Å². The molecule has 1 aromatic rings. The average Bonchev–Trinajstić information content (AvgIpc) is 2.55. The second-order valence-electron chi connectivity index (χ2n) is 6.25. The zero-order valence-corrected chi connectivity index (χ0v) is 13.2. The fourth-order valence-electron chi connectivity index (χ4n) is 3.40. The van der Waals surface area contributed by atoms with Crippen molar-refractivity contribution >= 4 is 23.2 Å². The number of para-hydroxylation sites is 2. The molecule has 128 valence electrons. The maximum atomic E-state index is 12.2. The molecule has 2 aliphatic rings. The molecule has 0 bridgehead atoms. The van der Waals surface area contributed by atoms with Crippen LogP contribution >= 0.6 is 0 Å². The first-order valence-corrected chi connectivity index (χ1v) is 8.14. The standard InChI is InChI=1S/C16H20N4O4/c21-15(18-12-7-3-4-8-14(12)20(23)24)9-13-16(22)19-11-6-2-1-5-10(11)17-13/h3-4,7-8,10-11,13,17H,1-2,5-6,9H2,(H,18,21)(H,19,22)/t10-,11-,13-/m0/s1. The number of nitro groups is 1. The Labute approximate surface area is 139 Å². The van der Waals surface area contributed by atoms with E-state index in [1.54, 1.807) is 6.07 Å². The summed E-state index contributed by atoms with van der Waals surface area (Å²) in [4.78, 5) is 34.8. The van der Waals surface area contributed by atoms with E-state index in [1.165, 1.54) is 18.2 Å². The average molecular weight is 332 g/mol. The molecule has 8 nitrogen and oxygen atoms in total. The lowest BCUT2D eigenvalue weighted by Gasteiger charge is -2.40. The number of nitro benzene ring substituents is 1. The molecule has 1 aliphatic heterocycles. The fourth-order valence-corrected chi connectivity index (χ4v) is 3.40. The van der Waals surface area contributed by atoms with Gasteiger partial charge in [-0.05, 0) is 18.9 Å².